The molecule has 4 heteroatoms. The van der Waals surface area contributed by atoms with Gasteiger partial charge in [-0.1, -0.05) is 12.1 Å². The lowest BCUT2D eigenvalue weighted by atomic mass is 10.3. The lowest BCUT2D eigenvalue weighted by molar-refractivity contribution is -0.111. The van der Waals surface area contributed by atoms with Crippen molar-refractivity contribution in [3.05, 3.63) is 57.2 Å². The Kier molecular flexibility index (Phi) is 4.12. The minimum atomic E-state index is -0.136. The lowest BCUT2D eigenvalue weighted by Gasteiger charge is -2.03. The summed E-state index contributed by atoms with van der Waals surface area (Å²) in [6, 6.07) is 9.48. The summed E-state index contributed by atoms with van der Waals surface area (Å²) in [6.07, 6.45) is 3.32. The minimum absolute atomic E-state index is 0.136. The van der Waals surface area contributed by atoms with Gasteiger partial charge in [-0.05, 0) is 56.5 Å². The number of anilines is 1. The van der Waals surface area contributed by atoms with Gasteiger partial charge in [-0.3, -0.25) is 4.79 Å². The highest BCUT2D eigenvalue weighted by Crippen LogP contribution is 2.21. The van der Waals surface area contributed by atoms with Gasteiger partial charge in [-0.25, -0.2) is 0 Å². The molecule has 0 saturated carbocycles. The average molecular weight is 308 g/mol. The second kappa shape index (κ2) is 5.80. The van der Waals surface area contributed by atoms with Crippen LogP contribution in [0.5, 0.6) is 0 Å². The fourth-order valence-corrected chi connectivity index (χ4v) is 2.29. The van der Waals surface area contributed by atoms with Crippen LogP contribution in [-0.4, -0.2) is 5.91 Å². The van der Waals surface area contributed by atoms with E-state index < -0.39 is 0 Å². The highest BCUT2D eigenvalue weighted by Gasteiger charge is 2.00. The first kappa shape index (κ1) is 12.1. The van der Waals surface area contributed by atoms with E-state index in [1.807, 2.05) is 41.1 Å². The highest BCUT2D eigenvalue weighted by molar-refractivity contribution is 9.10. The zero-order chi connectivity index (χ0) is 12.1. The van der Waals surface area contributed by atoms with Gasteiger partial charge in [0.15, 0.2) is 0 Å². The van der Waals surface area contributed by atoms with E-state index in [0.717, 1.165) is 15.7 Å². The third-order valence-electron chi connectivity index (χ3n) is 2.10. The van der Waals surface area contributed by atoms with Gasteiger partial charge in [-0.2, -0.15) is 11.3 Å². The molecule has 0 spiro atoms. The average Bonchev–Trinajstić information content (AvgIpc) is 2.82. The number of para-hydroxylation sites is 1. The van der Waals surface area contributed by atoms with Crippen LogP contribution in [0.4, 0.5) is 5.69 Å². The number of carbonyl (C=O) groups is 1. The summed E-state index contributed by atoms with van der Waals surface area (Å²) in [5.41, 5.74) is 1.81. The third-order valence-corrected chi connectivity index (χ3v) is 3.50. The van der Waals surface area contributed by atoms with Crippen molar-refractivity contribution in [2.75, 3.05) is 5.32 Å². The van der Waals surface area contributed by atoms with Gasteiger partial charge in [0.1, 0.15) is 0 Å². The van der Waals surface area contributed by atoms with Crippen molar-refractivity contribution in [2.45, 2.75) is 0 Å². The lowest BCUT2D eigenvalue weighted by Crippen LogP contribution is -2.07. The van der Waals surface area contributed by atoms with Crippen LogP contribution in [-0.2, 0) is 4.79 Å². The summed E-state index contributed by atoms with van der Waals surface area (Å²) < 4.78 is 0.872. The molecule has 1 heterocycles. The van der Waals surface area contributed by atoms with Crippen LogP contribution in [0, 0.1) is 0 Å². The maximum Gasteiger partial charge on any atom is 0.248 e. The molecule has 86 valence electrons. The number of thiophene rings is 1. The summed E-state index contributed by atoms with van der Waals surface area (Å²) >= 11 is 4.98. The molecule has 2 nitrogen and oxygen atoms in total. The van der Waals surface area contributed by atoms with Gasteiger partial charge in [0, 0.05) is 10.5 Å². The largest absolute Gasteiger partial charge is 0.321 e. The molecule has 0 aliphatic rings. The number of halogens is 1. The molecular formula is C13H10BrNOS. The normalized spacial score (nSPS) is 10.6. The zero-order valence-corrected chi connectivity index (χ0v) is 11.3. The number of benzene rings is 1. The maximum atomic E-state index is 11.6. The first-order chi connectivity index (χ1) is 8.25. The van der Waals surface area contributed by atoms with Crippen LogP contribution in [0.2, 0.25) is 0 Å². The Hall–Kier alpha value is -1.39. The van der Waals surface area contributed by atoms with Crippen molar-refractivity contribution in [3.63, 3.8) is 0 Å². The summed E-state index contributed by atoms with van der Waals surface area (Å²) in [5, 5.41) is 6.77. The summed E-state index contributed by atoms with van der Waals surface area (Å²) in [6.45, 7) is 0. The number of nitrogens with one attached hydrogen (secondary N) is 1. The quantitative estimate of drug-likeness (QED) is 0.848. The zero-order valence-electron chi connectivity index (χ0n) is 8.89. The molecule has 0 aliphatic carbocycles. The molecule has 1 aromatic carbocycles. The molecule has 2 rings (SSSR count). The Morgan fingerprint density at radius 2 is 2.12 bits per heavy atom. The molecule has 0 radical (unpaired) electrons. The van der Waals surface area contributed by atoms with E-state index in [2.05, 4.69) is 21.2 Å². The Bertz CT molecular complexity index is 534. The van der Waals surface area contributed by atoms with Gasteiger partial charge in [0.25, 0.3) is 0 Å². The van der Waals surface area contributed by atoms with E-state index in [-0.39, 0.29) is 5.91 Å². The molecule has 0 aliphatic heterocycles. The van der Waals surface area contributed by atoms with Gasteiger partial charge < -0.3 is 5.32 Å². The Morgan fingerprint density at radius 3 is 2.82 bits per heavy atom. The summed E-state index contributed by atoms with van der Waals surface area (Å²) in [5.74, 6) is -0.136. The van der Waals surface area contributed by atoms with Crippen molar-refractivity contribution >= 4 is 44.9 Å². The van der Waals surface area contributed by atoms with E-state index in [9.17, 15) is 4.79 Å². The van der Waals surface area contributed by atoms with Crippen LogP contribution in [0.1, 0.15) is 5.56 Å². The van der Waals surface area contributed by atoms with Crippen molar-refractivity contribution in [2.24, 2.45) is 0 Å². The fourth-order valence-electron chi connectivity index (χ4n) is 1.28. The molecule has 2 aromatic rings. The van der Waals surface area contributed by atoms with Crippen LogP contribution in [0.25, 0.3) is 6.08 Å². The molecule has 0 unspecified atom stereocenters. The topological polar surface area (TPSA) is 29.1 Å². The molecular weight excluding hydrogens is 298 g/mol. The molecule has 1 aromatic heterocycles. The molecule has 17 heavy (non-hydrogen) atoms. The predicted octanol–water partition coefficient (Wildman–Crippen LogP) is 4.16. The van der Waals surface area contributed by atoms with E-state index in [1.165, 1.54) is 6.08 Å². The number of rotatable bonds is 3. The Balaban J connectivity index is 2.01. The van der Waals surface area contributed by atoms with Gasteiger partial charge in [0.2, 0.25) is 5.91 Å². The molecule has 0 fully saturated rings. The van der Waals surface area contributed by atoms with Gasteiger partial charge in [0.05, 0.1) is 5.69 Å². The van der Waals surface area contributed by atoms with Crippen molar-refractivity contribution in [1.82, 2.24) is 0 Å². The van der Waals surface area contributed by atoms with Crippen LogP contribution >= 0.6 is 27.3 Å². The Morgan fingerprint density at radius 1 is 1.29 bits per heavy atom. The molecule has 1 amide bonds. The van der Waals surface area contributed by atoms with E-state index in [4.69, 9.17) is 0 Å². The monoisotopic (exact) mass is 307 g/mol. The van der Waals surface area contributed by atoms with E-state index >= 15 is 0 Å². The first-order valence-corrected chi connectivity index (χ1v) is 6.75. The van der Waals surface area contributed by atoms with Crippen LogP contribution < -0.4 is 5.32 Å². The number of amides is 1. The van der Waals surface area contributed by atoms with Gasteiger partial charge in [-0.15, -0.1) is 0 Å². The summed E-state index contributed by atoms with van der Waals surface area (Å²) in [7, 11) is 0. The molecule has 0 saturated heterocycles. The second-order valence-corrected chi connectivity index (χ2v) is 4.99. The SMILES string of the molecule is O=C(/C=C/c1ccsc1)Nc1ccccc1Br. The number of hydrogen-bond donors (Lipinski definition) is 1. The Labute approximate surface area is 112 Å². The van der Waals surface area contributed by atoms with Crippen molar-refractivity contribution in [3.8, 4) is 0 Å². The second-order valence-electron chi connectivity index (χ2n) is 3.36. The van der Waals surface area contributed by atoms with Crippen LogP contribution in [0.15, 0.2) is 51.6 Å². The first-order valence-electron chi connectivity index (χ1n) is 5.01. The highest BCUT2D eigenvalue weighted by atomic mass is 79.9. The molecule has 0 bridgehead atoms. The van der Waals surface area contributed by atoms with Crippen molar-refractivity contribution < 1.29 is 4.79 Å². The fraction of sp³-hybridized carbons (Fsp3) is 0. The molecule has 0 atom stereocenters. The van der Waals surface area contributed by atoms with E-state index in [1.54, 1.807) is 17.4 Å². The summed E-state index contributed by atoms with van der Waals surface area (Å²) in [4.78, 5) is 11.6. The van der Waals surface area contributed by atoms with Crippen molar-refractivity contribution in [1.29, 1.82) is 0 Å². The van der Waals surface area contributed by atoms with Crippen LogP contribution in [0.3, 0.4) is 0 Å². The van der Waals surface area contributed by atoms with E-state index in [0.29, 0.717) is 0 Å². The minimum Gasteiger partial charge on any atom is -0.321 e. The standard InChI is InChI=1S/C13H10BrNOS/c14-11-3-1-2-4-12(11)15-13(16)6-5-10-7-8-17-9-10/h1-9H,(H,15,16)/b6-5+. The maximum absolute atomic E-state index is 11.6. The smallest absolute Gasteiger partial charge is 0.248 e. The third kappa shape index (κ3) is 3.54. The number of hydrogen-bond acceptors (Lipinski definition) is 2. The number of carbonyl (C=O) groups excluding carboxylic acids is 1. The predicted molar refractivity (Wildman–Crippen MR) is 76.1 cm³/mol. The molecule has 1 N–H and O–H groups in total. The van der Waals surface area contributed by atoms with Gasteiger partial charge >= 0.3 is 0 Å².